The maximum Gasteiger partial charge on any atom is 0.274 e. The Balaban J connectivity index is 1.35. The number of hydrogen-bond acceptors (Lipinski definition) is 5. The number of amides is 3. The predicted octanol–water partition coefficient (Wildman–Crippen LogP) is 2.91. The van der Waals surface area contributed by atoms with Gasteiger partial charge in [-0.2, -0.15) is 0 Å². The van der Waals surface area contributed by atoms with E-state index >= 15 is 0 Å². The highest BCUT2D eigenvalue weighted by Gasteiger charge is 2.53. The van der Waals surface area contributed by atoms with Crippen molar-refractivity contribution in [3.05, 3.63) is 83.4 Å². The van der Waals surface area contributed by atoms with Gasteiger partial charge in [-0.3, -0.25) is 14.4 Å². The summed E-state index contributed by atoms with van der Waals surface area (Å²) in [5.41, 5.74) is 1.00. The molecule has 9 heteroatoms. The molecule has 2 aromatic carbocycles. The molecule has 0 spiro atoms. The van der Waals surface area contributed by atoms with Crippen molar-refractivity contribution in [2.45, 2.75) is 57.9 Å². The van der Waals surface area contributed by atoms with E-state index in [4.69, 9.17) is 4.74 Å². The number of hydrogen-bond donors (Lipinski definition) is 2. The van der Waals surface area contributed by atoms with Gasteiger partial charge >= 0.3 is 0 Å². The molecule has 1 aliphatic carbocycles. The number of carbonyl (C=O) groups excluding carboxylic acids is 3. The summed E-state index contributed by atoms with van der Waals surface area (Å²) in [6.07, 6.45) is 3.14. The second-order valence-electron chi connectivity index (χ2n) is 9.64. The molecular formula is C28H31N5O4. The predicted molar refractivity (Wildman–Crippen MR) is 137 cm³/mol. The van der Waals surface area contributed by atoms with Crippen LogP contribution in [0.5, 0.6) is 5.75 Å². The van der Waals surface area contributed by atoms with Crippen LogP contribution in [0.4, 0.5) is 0 Å². The number of benzene rings is 2. The monoisotopic (exact) mass is 501 g/mol. The largest absolute Gasteiger partial charge is 0.494 e. The Bertz CT molecular complexity index is 1320. The summed E-state index contributed by atoms with van der Waals surface area (Å²) >= 11 is 0. The average molecular weight is 502 g/mol. The Labute approximate surface area is 215 Å². The fraction of sp³-hybridized carbons (Fsp3) is 0.357. The van der Waals surface area contributed by atoms with Crippen LogP contribution in [-0.2, 0) is 24.4 Å². The van der Waals surface area contributed by atoms with Crippen LogP contribution in [0.15, 0.2) is 60.9 Å². The first-order valence-corrected chi connectivity index (χ1v) is 12.6. The lowest BCUT2D eigenvalue weighted by atomic mass is 9.93. The van der Waals surface area contributed by atoms with Gasteiger partial charge in [-0.1, -0.05) is 48.5 Å². The third-order valence-electron chi connectivity index (χ3n) is 6.89. The lowest BCUT2D eigenvalue weighted by molar-refractivity contribution is -0.133. The molecule has 0 bridgehead atoms. The van der Waals surface area contributed by atoms with Gasteiger partial charge in [-0.05, 0) is 38.3 Å². The number of imidazole rings is 1. The minimum absolute atomic E-state index is 0.0300. The van der Waals surface area contributed by atoms with Gasteiger partial charge in [0.25, 0.3) is 11.8 Å². The van der Waals surface area contributed by atoms with E-state index in [0.29, 0.717) is 18.9 Å². The standard InChI is InChI=1S/C28H31N5O4/c1-3-37-22-12-8-7-11-20(22)16-29-25(34)23-24-26(35)33(21-13-14-21)28(2,17-32(24)18-31-23)27(36)30-15-19-9-5-4-6-10-19/h4-12,18,21H,3,13-17H2,1-2H3,(H,29,34)(H,30,36). The van der Waals surface area contributed by atoms with E-state index in [0.717, 1.165) is 24.0 Å². The molecule has 1 unspecified atom stereocenters. The summed E-state index contributed by atoms with van der Waals surface area (Å²) in [4.78, 5) is 46.3. The van der Waals surface area contributed by atoms with Crippen LogP contribution in [0, 0.1) is 0 Å². The second-order valence-corrected chi connectivity index (χ2v) is 9.64. The van der Waals surface area contributed by atoms with Crippen molar-refractivity contribution in [1.82, 2.24) is 25.1 Å². The molecule has 5 rings (SSSR count). The summed E-state index contributed by atoms with van der Waals surface area (Å²) in [6, 6.07) is 17.1. The molecule has 3 aromatic rings. The summed E-state index contributed by atoms with van der Waals surface area (Å²) in [5.74, 6) is -0.315. The van der Waals surface area contributed by atoms with Gasteiger partial charge in [-0.15, -0.1) is 0 Å². The number of ether oxygens (including phenoxy) is 1. The summed E-state index contributed by atoms with van der Waals surface area (Å²) in [7, 11) is 0. The highest BCUT2D eigenvalue weighted by Crippen LogP contribution is 2.39. The van der Waals surface area contributed by atoms with Gasteiger partial charge in [-0.25, -0.2) is 4.98 Å². The fourth-order valence-electron chi connectivity index (χ4n) is 4.90. The molecule has 1 fully saturated rings. The molecule has 0 saturated heterocycles. The minimum atomic E-state index is -1.09. The smallest absolute Gasteiger partial charge is 0.274 e. The van der Waals surface area contributed by atoms with Crippen molar-refractivity contribution in [2.24, 2.45) is 0 Å². The molecule has 9 nitrogen and oxygen atoms in total. The van der Waals surface area contributed by atoms with E-state index in [9.17, 15) is 14.4 Å². The Morgan fingerprint density at radius 1 is 1.05 bits per heavy atom. The van der Waals surface area contributed by atoms with Crippen molar-refractivity contribution in [3.63, 3.8) is 0 Å². The molecule has 3 amide bonds. The lowest BCUT2D eigenvalue weighted by Gasteiger charge is -2.44. The van der Waals surface area contributed by atoms with E-state index in [-0.39, 0.29) is 42.3 Å². The van der Waals surface area contributed by atoms with E-state index < -0.39 is 11.4 Å². The normalized spacial score (nSPS) is 18.8. The van der Waals surface area contributed by atoms with Crippen LogP contribution in [0.2, 0.25) is 0 Å². The third-order valence-corrected chi connectivity index (χ3v) is 6.89. The van der Waals surface area contributed by atoms with E-state index in [1.54, 1.807) is 16.4 Å². The number of nitrogens with one attached hydrogen (secondary N) is 2. The Morgan fingerprint density at radius 2 is 1.78 bits per heavy atom. The van der Waals surface area contributed by atoms with E-state index in [2.05, 4.69) is 15.6 Å². The van der Waals surface area contributed by atoms with Gasteiger partial charge < -0.3 is 24.8 Å². The van der Waals surface area contributed by atoms with Crippen molar-refractivity contribution < 1.29 is 19.1 Å². The number of rotatable bonds is 9. The quantitative estimate of drug-likeness (QED) is 0.469. The lowest BCUT2D eigenvalue weighted by Crippen LogP contribution is -2.64. The van der Waals surface area contributed by atoms with Crippen LogP contribution in [0.1, 0.15) is 58.8 Å². The zero-order valence-corrected chi connectivity index (χ0v) is 21.1. The second kappa shape index (κ2) is 10.1. The van der Waals surface area contributed by atoms with Crippen molar-refractivity contribution in [2.75, 3.05) is 6.61 Å². The van der Waals surface area contributed by atoms with Gasteiger partial charge in [0.2, 0.25) is 5.91 Å². The summed E-state index contributed by atoms with van der Waals surface area (Å²) in [6.45, 7) is 5.04. The van der Waals surface area contributed by atoms with Crippen LogP contribution in [0.25, 0.3) is 0 Å². The number of aromatic nitrogens is 2. The van der Waals surface area contributed by atoms with Crippen LogP contribution in [0.3, 0.4) is 0 Å². The average Bonchev–Trinajstić information content (AvgIpc) is 3.64. The van der Waals surface area contributed by atoms with Gasteiger partial charge in [0.05, 0.1) is 19.5 Å². The molecule has 1 aliphatic heterocycles. The zero-order chi connectivity index (χ0) is 26.0. The highest BCUT2D eigenvalue weighted by molar-refractivity contribution is 6.07. The molecule has 2 heterocycles. The van der Waals surface area contributed by atoms with Gasteiger partial charge in [0.1, 0.15) is 17.0 Å². The molecule has 37 heavy (non-hydrogen) atoms. The number of fused-ring (bicyclic) bond motifs is 1. The van der Waals surface area contributed by atoms with E-state index in [1.807, 2.05) is 61.5 Å². The number of carbonyl (C=O) groups is 3. The Kier molecular flexibility index (Phi) is 6.69. The molecular weight excluding hydrogens is 470 g/mol. The highest BCUT2D eigenvalue weighted by atomic mass is 16.5. The van der Waals surface area contributed by atoms with Gasteiger partial charge in [0.15, 0.2) is 5.69 Å². The molecule has 2 N–H and O–H groups in total. The molecule has 2 aliphatic rings. The first kappa shape index (κ1) is 24.5. The Morgan fingerprint density at radius 3 is 2.51 bits per heavy atom. The summed E-state index contributed by atoms with van der Waals surface area (Å²) in [5, 5.41) is 5.87. The maximum absolute atomic E-state index is 13.8. The van der Waals surface area contributed by atoms with Crippen LogP contribution >= 0.6 is 0 Å². The van der Waals surface area contributed by atoms with Crippen molar-refractivity contribution in [3.8, 4) is 5.75 Å². The van der Waals surface area contributed by atoms with Crippen molar-refractivity contribution >= 4 is 17.7 Å². The SMILES string of the molecule is CCOc1ccccc1CNC(=O)c1ncn2c1C(=O)N(C1CC1)C(C)(C(=O)NCc1ccccc1)C2. The maximum atomic E-state index is 13.8. The van der Waals surface area contributed by atoms with Crippen LogP contribution < -0.4 is 15.4 Å². The molecule has 1 aromatic heterocycles. The number of nitrogens with zero attached hydrogens (tertiary/aromatic N) is 3. The Hall–Kier alpha value is -4.14. The van der Waals surface area contributed by atoms with Crippen molar-refractivity contribution in [1.29, 1.82) is 0 Å². The fourth-order valence-corrected chi connectivity index (χ4v) is 4.90. The first-order valence-electron chi connectivity index (χ1n) is 12.6. The number of para-hydroxylation sites is 1. The molecule has 0 radical (unpaired) electrons. The van der Waals surface area contributed by atoms with E-state index in [1.165, 1.54) is 6.33 Å². The van der Waals surface area contributed by atoms with Gasteiger partial charge in [0, 0.05) is 24.7 Å². The summed E-state index contributed by atoms with van der Waals surface area (Å²) < 4.78 is 7.27. The van der Waals surface area contributed by atoms with Crippen LogP contribution in [-0.4, -0.2) is 50.4 Å². The minimum Gasteiger partial charge on any atom is -0.494 e. The molecule has 192 valence electrons. The first-order chi connectivity index (χ1) is 17.9. The molecule has 1 atom stereocenters. The third kappa shape index (κ3) is 4.81. The molecule has 1 saturated carbocycles. The topological polar surface area (TPSA) is 106 Å². The zero-order valence-electron chi connectivity index (χ0n) is 21.1.